The second kappa shape index (κ2) is 9.34. The molecule has 0 atom stereocenters. The van der Waals surface area contributed by atoms with E-state index in [2.05, 4.69) is 25.3 Å². The third-order valence-electron chi connectivity index (χ3n) is 3.56. The van der Waals surface area contributed by atoms with Crippen LogP contribution in [0.25, 0.3) is 0 Å². The molecule has 2 N–H and O–H groups in total. The minimum atomic E-state index is -4.25. The number of rotatable bonds is 9. The fourth-order valence-electron chi connectivity index (χ4n) is 2.19. The van der Waals surface area contributed by atoms with Gasteiger partial charge in [0.1, 0.15) is 5.82 Å². The van der Waals surface area contributed by atoms with E-state index in [-0.39, 0.29) is 18.3 Å². The van der Waals surface area contributed by atoms with E-state index in [1.165, 1.54) is 18.3 Å². The second-order valence-corrected chi connectivity index (χ2v) is 5.95. The lowest BCUT2D eigenvalue weighted by Gasteiger charge is -2.15. The molecule has 0 bridgehead atoms. The number of hydrogen-bond donors (Lipinski definition) is 2. The molecule has 0 aliphatic heterocycles. The highest BCUT2D eigenvalue weighted by Crippen LogP contribution is 2.23. The van der Waals surface area contributed by atoms with Crippen LogP contribution >= 0.6 is 0 Å². The Hall–Kier alpha value is -2.91. The van der Waals surface area contributed by atoms with Crippen LogP contribution in [0.3, 0.4) is 0 Å². The second-order valence-electron chi connectivity index (χ2n) is 5.95. The first kappa shape index (κ1) is 21.4. The van der Waals surface area contributed by atoms with Crippen molar-refractivity contribution in [2.45, 2.75) is 32.7 Å². The van der Waals surface area contributed by atoms with Gasteiger partial charge < -0.3 is 15.4 Å². The van der Waals surface area contributed by atoms with Gasteiger partial charge in [-0.25, -0.2) is 18.7 Å². The van der Waals surface area contributed by atoms with Crippen molar-refractivity contribution < 1.29 is 27.1 Å². The van der Waals surface area contributed by atoms with Crippen molar-refractivity contribution in [3.63, 3.8) is 0 Å². The lowest BCUT2D eigenvalue weighted by atomic mass is 10.2. The first-order chi connectivity index (χ1) is 13.2. The summed E-state index contributed by atoms with van der Waals surface area (Å²) in [5, 5.41) is 5.75. The van der Waals surface area contributed by atoms with Gasteiger partial charge in [-0.15, -0.1) is 0 Å². The number of carbonyl (C=O) groups is 1. The molecule has 0 saturated carbocycles. The van der Waals surface area contributed by atoms with E-state index in [0.717, 1.165) is 0 Å². The van der Waals surface area contributed by atoms with Crippen molar-refractivity contribution in [3.05, 3.63) is 47.3 Å². The molecular weight excluding hydrogens is 380 g/mol. The van der Waals surface area contributed by atoms with E-state index in [1.54, 1.807) is 19.1 Å². The van der Waals surface area contributed by atoms with E-state index in [4.69, 9.17) is 0 Å². The van der Waals surface area contributed by atoms with E-state index in [9.17, 15) is 22.4 Å². The summed E-state index contributed by atoms with van der Waals surface area (Å²) in [7, 11) is 0. The summed E-state index contributed by atoms with van der Waals surface area (Å²) in [4.78, 5) is 20.3. The Balaban J connectivity index is 1.92. The lowest BCUT2D eigenvalue weighted by Crippen LogP contribution is -2.33. The van der Waals surface area contributed by atoms with Crippen molar-refractivity contribution in [3.8, 4) is 5.88 Å². The average Bonchev–Trinajstić information content (AvgIpc) is 2.65. The Morgan fingerprint density at radius 2 is 2.04 bits per heavy atom. The molecule has 28 heavy (non-hydrogen) atoms. The maximum atomic E-state index is 12.8. The van der Waals surface area contributed by atoms with Crippen molar-refractivity contribution in [1.29, 1.82) is 0 Å². The van der Waals surface area contributed by atoms with Gasteiger partial charge in [0.2, 0.25) is 5.88 Å². The zero-order valence-corrected chi connectivity index (χ0v) is 15.3. The number of alkyl halides is 4. The Morgan fingerprint density at radius 1 is 1.29 bits per heavy atom. The summed E-state index contributed by atoms with van der Waals surface area (Å²) in [6.45, 7) is 3.03. The molecule has 0 saturated heterocycles. The quantitative estimate of drug-likeness (QED) is 0.631. The zero-order chi connectivity index (χ0) is 20.7. The SMILES string of the molecule is CCNc1cc(C(=O)NCc2ccc(OCC(F)(F)C(F)F)nc2)cc(C)n1. The minimum Gasteiger partial charge on any atom is -0.471 e. The predicted molar refractivity (Wildman–Crippen MR) is 95.0 cm³/mol. The van der Waals surface area contributed by atoms with Gasteiger partial charge in [-0.1, -0.05) is 6.07 Å². The van der Waals surface area contributed by atoms with Gasteiger partial charge in [0.05, 0.1) is 0 Å². The Morgan fingerprint density at radius 3 is 2.64 bits per heavy atom. The monoisotopic (exact) mass is 400 g/mol. The van der Waals surface area contributed by atoms with Crippen LogP contribution < -0.4 is 15.4 Å². The van der Waals surface area contributed by atoms with Gasteiger partial charge in [-0.3, -0.25) is 4.79 Å². The highest BCUT2D eigenvalue weighted by molar-refractivity contribution is 5.94. The molecule has 2 aromatic rings. The minimum absolute atomic E-state index is 0.136. The average molecular weight is 400 g/mol. The number of aromatic nitrogens is 2. The molecule has 0 aliphatic carbocycles. The third-order valence-corrected chi connectivity index (χ3v) is 3.56. The van der Waals surface area contributed by atoms with Crippen LogP contribution in [0.15, 0.2) is 30.5 Å². The van der Waals surface area contributed by atoms with Crippen LogP contribution in [-0.4, -0.2) is 41.4 Å². The predicted octanol–water partition coefficient (Wildman–Crippen LogP) is 3.43. The number of hydrogen-bond acceptors (Lipinski definition) is 5. The highest BCUT2D eigenvalue weighted by Gasteiger charge is 2.41. The molecule has 152 valence electrons. The van der Waals surface area contributed by atoms with Gasteiger partial charge in [0, 0.05) is 36.6 Å². The topological polar surface area (TPSA) is 76.1 Å². The number of ether oxygens (including phenoxy) is 1. The van der Waals surface area contributed by atoms with Gasteiger partial charge in [0.15, 0.2) is 6.61 Å². The van der Waals surface area contributed by atoms with Crippen LogP contribution in [0.2, 0.25) is 0 Å². The molecule has 2 aromatic heterocycles. The summed E-state index contributed by atoms with van der Waals surface area (Å²) in [5.41, 5.74) is 1.71. The van der Waals surface area contributed by atoms with Crippen LogP contribution in [0.4, 0.5) is 23.4 Å². The van der Waals surface area contributed by atoms with Gasteiger partial charge in [-0.05, 0) is 31.5 Å². The number of nitrogens with zero attached hydrogens (tertiary/aromatic N) is 2. The largest absolute Gasteiger partial charge is 0.471 e. The normalized spacial score (nSPS) is 11.4. The molecule has 0 radical (unpaired) electrons. The van der Waals surface area contributed by atoms with Crippen LogP contribution in [0.1, 0.15) is 28.5 Å². The Kier molecular flexibility index (Phi) is 7.13. The smallest absolute Gasteiger partial charge is 0.340 e. The number of nitrogens with one attached hydrogen (secondary N) is 2. The summed E-state index contributed by atoms with van der Waals surface area (Å²) < 4.78 is 54.4. The fourth-order valence-corrected chi connectivity index (χ4v) is 2.19. The van der Waals surface area contributed by atoms with E-state index in [0.29, 0.717) is 29.2 Å². The molecule has 0 aromatic carbocycles. The maximum Gasteiger partial charge on any atom is 0.340 e. The molecule has 6 nitrogen and oxygen atoms in total. The van der Waals surface area contributed by atoms with E-state index in [1.807, 2.05) is 6.92 Å². The molecule has 2 rings (SSSR count). The van der Waals surface area contributed by atoms with Gasteiger partial charge >= 0.3 is 12.3 Å². The first-order valence-corrected chi connectivity index (χ1v) is 8.45. The molecule has 0 spiro atoms. The van der Waals surface area contributed by atoms with Gasteiger partial charge in [-0.2, -0.15) is 8.78 Å². The van der Waals surface area contributed by atoms with Crippen molar-refractivity contribution >= 4 is 11.7 Å². The molecule has 0 aliphatic rings. The summed E-state index contributed by atoms with van der Waals surface area (Å²) in [5.74, 6) is -4.18. The van der Waals surface area contributed by atoms with Crippen molar-refractivity contribution in [1.82, 2.24) is 15.3 Å². The van der Waals surface area contributed by atoms with Crippen LogP contribution in [-0.2, 0) is 6.54 Å². The highest BCUT2D eigenvalue weighted by atomic mass is 19.3. The lowest BCUT2D eigenvalue weighted by molar-refractivity contribution is -0.148. The number of pyridine rings is 2. The molecular formula is C18H20F4N4O2. The molecule has 0 fully saturated rings. The van der Waals surface area contributed by atoms with Crippen LogP contribution in [0.5, 0.6) is 5.88 Å². The number of amides is 1. The first-order valence-electron chi connectivity index (χ1n) is 8.45. The molecule has 0 unspecified atom stereocenters. The summed E-state index contributed by atoms with van der Waals surface area (Å²) in [6, 6.07) is 6.03. The molecule has 2 heterocycles. The third kappa shape index (κ3) is 6.07. The van der Waals surface area contributed by atoms with Gasteiger partial charge in [0.25, 0.3) is 5.91 Å². The fraction of sp³-hybridized carbons (Fsp3) is 0.389. The summed E-state index contributed by atoms with van der Waals surface area (Å²) >= 11 is 0. The molecule has 10 heteroatoms. The number of anilines is 1. The number of halogens is 4. The summed E-state index contributed by atoms with van der Waals surface area (Å²) in [6.07, 6.45) is -2.51. The van der Waals surface area contributed by atoms with E-state index < -0.39 is 19.0 Å². The maximum absolute atomic E-state index is 12.8. The standard InChI is InChI=1S/C18H20F4N4O2/c1-3-23-14-7-13(6-11(2)26-14)16(27)25-9-12-4-5-15(24-8-12)28-10-18(21,22)17(19)20/h4-8,17H,3,9-10H2,1-2H3,(H,23,26)(H,25,27). The number of carbonyl (C=O) groups excluding carboxylic acids is 1. The van der Waals surface area contributed by atoms with E-state index >= 15 is 0 Å². The van der Waals surface area contributed by atoms with Crippen LogP contribution in [0, 0.1) is 6.92 Å². The van der Waals surface area contributed by atoms with Crippen molar-refractivity contribution in [2.75, 3.05) is 18.5 Å². The zero-order valence-electron chi connectivity index (χ0n) is 15.3. The van der Waals surface area contributed by atoms with Crippen molar-refractivity contribution in [2.24, 2.45) is 0 Å². The number of aryl methyl sites for hydroxylation is 1. The Bertz CT molecular complexity index is 801. The Labute approximate surface area is 159 Å². The molecule has 1 amide bonds.